The van der Waals surface area contributed by atoms with Crippen LogP contribution < -0.4 is 5.32 Å². The van der Waals surface area contributed by atoms with E-state index in [-0.39, 0.29) is 17.1 Å². The third kappa shape index (κ3) is 4.05. The molecule has 2 aromatic carbocycles. The number of benzene rings is 2. The molecule has 2 heterocycles. The van der Waals surface area contributed by atoms with Gasteiger partial charge in [0.25, 0.3) is 5.91 Å². The zero-order valence-electron chi connectivity index (χ0n) is 15.9. The van der Waals surface area contributed by atoms with Crippen LogP contribution in [-0.2, 0) is 0 Å². The first-order valence-corrected chi connectivity index (χ1v) is 9.12. The number of hydrogen-bond donors (Lipinski definition) is 1. The number of nitrogens with one attached hydrogen (secondary N) is 1. The van der Waals surface area contributed by atoms with Gasteiger partial charge in [-0.1, -0.05) is 6.07 Å². The van der Waals surface area contributed by atoms with E-state index in [0.29, 0.717) is 22.6 Å². The number of aryl methyl sites for hydroxylation is 1. The summed E-state index contributed by atoms with van der Waals surface area (Å²) in [4.78, 5) is 25.7. The van der Waals surface area contributed by atoms with Crippen LogP contribution in [-0.4, -0.2) is 20.9 Å². The number of rotatable bonds is 4. The average Bonchev–Trinajstić information content (AvgIpc) is 2.77. The van der Waals surface area contributed by atoms with E-state index in [2.05, 4.69) is 20.3 Å². The Labute approximate surface area is 171 Å². The summed E-state index contributed by atoms with van der Waals surface area (Å²) in [7, 11) is 0. The summed E-state index contributed by atoms with van der Waals surface area (Å²) in [5, 5.41) is 2.59. The highest BCUT2D eigenvalue weighted by Crippen LogP contribution is 2.26. The van der Waals surface area contributed by atoms with Crippen molar-refractivity contribution in [3.05, 3.63) is 95.9 Å². The standard InChI is InChI=1S/C23H16F2N4O/c1-14-2-7-19(25)20(12-14)28-23(30)18-13-27-22(16-3-5-17(24)6-4-16)29-21(18)15-8-10-26-11-9-15/h2-13H,1H3,(H,28,30). The summed E-state index contributed by atoms with van der Waals surface area (Å²) in [5.74, 6) is -1.12. The number of pyridine rings is 1. The maximum Gasteiger partial charge on any atom is 0.259 e. The zero-order chi connectivity index (χ0) is 21.1. The molecule has 0 atom stereocenters. The Morgan fingerprint density at radius 1 is 0.933 bits per heavy atom. The smallest absolute Gasteiger partial charge is 0.259 e. The molecule has 1 N–H and O–H groups in total. The molecule has 148 valence electrons. The molecule has 0 fully saturated rings. The van der Waals surface area contributed by atoms with Gasteiger partial charge in [0.1, 0.15) is 11.6 Å². The van der Waals surface area contributed by atoms with E-state index in [1.807, 2.05) is 0 Å². The minimum atomic E-state index is -0.544. The number of hydrogen-bond acceptors (Lipinski definition) is 4. The van der Waals surface area contributed by atoms with E-state index in [1.54, 1.807) is 55.7 Å². The normalized spacial score (nSPS) is 10.6. The van der Waals surface area contributed by atoms with Gasteiger partial charge in [-0.05, 0) is 61.0 Å². The van der Waals surface area contributed by atoms with Crippen molar-refractivity contribution in [1.29, 1.82) is 0 Å². The fourth-order valence-electron chi connectivity index (χ4n) is 2.94. The number of amides is 1. The maximum atomic E-state index is 14.1. The average molecular weight is 402 g/mol. The molecule has 1 amide bonds. The van der Waals surface area contributed by atoms with Gasteiger partial charge in [-0.15, -0.1) is 0 Å². The zero-order valence-corrected chi connectivity index (χ0v) is 15.9. The molecule has 0 aliphatic carbocycles. The van der Waals surface area contributed by atoms with E-state index in [0.717, 1.165) is 5.56 Å². The van der Waals surface area contributed by atoms with Crippen LogP contribution in [0.1, 0.15) is 15.9 Å². The Morgan fingerprint density at radius 3 is 2.40 bits per heavy atom. The Bertz CT molecular complexity index is 1210. The van der Waals surface area contributed by atoms with Gasteiger partial charge in [0.2, 0.25) is 0 Å². The largest absolute Gasteiger partial charge is 0.319 e. The fourth-order valence-corrected chi connectivity index (χ4v) is 2.94. The summed E-state index contributed by atoms with van der Waals surface area (Å²) < 4.78 is 27.4. The first-order valence-electron chi connectivity index (χ1n) is 9.12. The number of nitrogens with zero attached hydrogens (tertiary/aromatic N) is 3. The van der Waals surface area contributed by atoms with Gasteiger partial charge in [-0.2, -0.15) is 0 Å². The fraction of sp³-hybridized carbons (Fsp3) is 0.0435. The SMILES string of the molecule is Cc1ccc(F)c(NC(=O)c2cnc(-c3ccc(F)cc3)nc2-c2ccncc2)c1. The second-order valence-corrected chi connectivity index (χ2v) is 6.64. The summed E-state index contributed by atoms with van der Waals surface area (Å²) in [6.45, 7) is 1.80. The molecule has 0 spiro atoms. The Hall–Kier alpha value is -4.00. The van der Waals surface area contributed by atoms with Crippen LogP contribution in [0.25, 0.3) is 22.6 Å². The molecule has 7 heteroatoms. The third-order valence-electron chi connectivity index (χ3n) is 4.46. The molecular weight excluding hydrogens is 386 g/mol. The first-order chi connectivity index (χ1) is 14.5. The highest BCUT2D eigenvalue weighted by molar-refractivity contribution is 6.08. The van der Waals surface area contributed by atoms with Crippen LogP contribution in [0.4, 0.5) is 14.5 Å². The Balaban J connectivity index is 1.77. The summed E-state index contributed by atoms with van der Waals surface area (Å²) in [6, 6.07) is 13.6. The number of carbonyl (C=O) groups excluding carboxylic acids is 1. The van der Waals surface area contributed by atoms with Gasteiger partial charge < -0.3 is 5.32 Å². The van der Waals surface area contributed by atoms with E-state index in [4.69, 9.17) is 0 Å². The lowest BCUT2D eigenvalue weighted by atomic mass is 10.1. The van der Waals surface area contributed by atoms with Gasteiger partial charge in [0.15, 0.2) is 5.82 Å². The van der Waals surface area contributed by atoms with Crippen molar-refractivity contribution in [3.63, 3.8) is 0 Å². The minimum Gasteiger partial charge on any atom is -0.319 e. The summed E-state index contributed by atoms with van der Waals surface area (Å²) in [5.41, 5.74) is 2.66. The van der Waals surface area contributed by atoms with Crippen molar-refractivity contribution < 1.29 is 13.6 Å². The monoisotopic (exact) mass is 402 g/mol. The van der Waals surface area contributed by atoms with Gasteiger partial charge in [-0.25, -0.2) is 18.7 Å². The predicted molar refractivity (Wildman–Crippen MR) is 110 cm³/mol. The minimum absolute atomic E-state index is 0.0725. The number of halogens is 2. The topological polar surface area (TPSA) is 67.8 Å². The molecule has 0 bridgehead atoms. The van der Waals surface area contributed by atoms with Crippen molar-refractivity contribution in [2.24, 2.45) is 0 Å². The molecule has 5 nitrogen and oxygen atoms in total. The molecule has 2 aromatic heterocycles. The van der Waals surface area contributed by atoms with Gasteiger partial charge in [0.05, 0.1) is 16.9 Å². The highest BCUT2D eigenvalue weighted by atomic mass is 19.1. The second-order valence-electron chi connectivity index (χ2n) is 6.64. The van der Waals surface area contributed by atoms with Gasteiger partial charge in [0, 0.05) is 29.7 Å². The van der Waals surface area contributed by atoms with Crippen molar-refractivity contribution in [3.8, 4) is 22.6 Å². The Morgan fingerprint density at radius 2 is 1.67 bits per heavy atom. The molecule has 4 rings (SSSR count). The Kier molecular flexibility index (Phi) is 5.26. The quantitative estimate of drug-likeness (QED) is 0.519. The van der Waals surface area contributed by atoms with E-state index < -0.39 is 11.7 Å². The summed E-state index contributed by atoms with van der Waals surface area (Å²) in [6.07, 6.45) is 4.54. The molecule has 0 unspecified atom stereocenters. The van der Waals surface area contributed by atoms with Crippen molar-refractivity contribution in [2.75, 3.05) is 5.32 Å². The third-order valence-corrected chi connectivity index (χ3v) is 4.46. The van der Waals surface area contributed by atoms with E-state index in [1.165, 1.54) is 24.4 Å². The van der Waals surface area contributed by atoms with Crippen LogP contribution in [0, 0.1) is 18.6 Å². The van der Waals surface area contributed by atoms with Crippen LogP contribution >= 0.6 is 0 Å². The maximum absolute atomic E-state index is 14.1. The molecule has 4 aromatic rings. The molecule has 0 aliphatic rings. The van der Waals surface area contributed by atoms with Crippen LogP contribution in [0.2, 0.25) is 0 Å². The molecule has 0 saturated heterocycles. The number of carbonyl (C=O) groups is 1. The first kappa shape index (κ1) is 19.3. The molecule has 0 aliphatic heterocycles. The van der Waals surface area contributed by atoms with Gasteiger partial charge in [-0.3, -0.25) is 9.78 Å². The number of anilines is 1. The molecule has 30 heavy (non-hydrogen) atoms. The molecule has 0 saturated carbocycles. The summed E-state index contributed by atoms with van der Waals surface area (Å²) >= 11 is 0. The second kappa shape index (κ2) is 8.16. The lowest BCUT2D eigenvalue weighted by Crippen LogP contribution is -2.16. The van der Waals surface area contributed by atoms with Crippen molar-refractivity contribution in [2.45, 2.75) is 6.92 Å². The lowest BCUT2D eigenvalue weighted by molar-refractivity contribution is 0.102. The van der Waals surface area contributed by atoms with E-state index in [9.17, 15) is 13.6 Å². The molecule has 0 radical (unpaired) electrons. The molecular formula is C23H16F2N4O. The predicted octanol–water partition coefficient (Wildman–Crippen LogP) is 5.04. The highest BCUT2D eigenvalue weighted by Gasteiger charge is 2.18. The van der Waals surface area contributed by atoms with Crippen molar-refractivity contribution >= 4 is 11.6 Å². The van der Waals surface area contributed by atoms with Gasteiger partial charge >= 0.3 is 0 Å². The van der Waals surface area contributed by atoms with Crippen molar-refractivity contribution in [1.82, 2.24) is 15.0 Å². The van der Waals surface area contributed by atoms with E-state index >= 15 is 0 Å². The van der Waals surface area contributed by atoms with Crippen LogP contribution in [0.5, 0.6) is 0 Å². The van der Waals surface area contributed by atoms with Crippen LogP contribution in [0.3, 0.4) is 0 Å². The van der Waals surface area contributed by atoms with Crippen LogP contribution in [0.15, 0.2) is 73.2 Å². The number of aromatic nitrogens is 3. The lowest BCUT2D eigenvalue weighted by Gasteiger charge is -2.12.